The molecule has 0 spiro atoms. The molecule has 0 saturated heterocycles. The van der Waals surface area contributed by atoms with Crippen molar-refractivity contribution in [2.24, 2.45) is 5.92 Å². The molecule has 1 aromatic carbocycles. The number of nitrogens with one attached hydrogen (secondary N) is 1. The Kier molecular flexibility index (Phi) is 4.77. The lowest BCUT2D eigenvalue weighted by molar-refractivity contribution is 0.0872. The molecule has 0 bridgehead atoms. The Bertz CT molecular complexity index is 467. The van der Waals surface area contributed by atoms with E-state index in [2.05, 4.69) is 5.32 Å². The molecule has 0 radical (unpaired) electrons. The highest BCUT2D eigenvalue weighted by molar-refractivity contribution is 6.30. The van der Waals surface area contributed by atoms with Gasteiger partial charge in [0.05, 0.1) is 5.02 Å². The van der Waals surface area contributed by atoms with Crippen LogP contribution in [0.25, 0.3) is 0 Å². The SMILES string of the molecule is O=C(NC1CCCCC1CO)c1ccc(Cl)c(F)c1. The summed E-state index contributed by atoms with van der Waals surface area (Å²) in [5.74, 6) is -0.826. The minimum Gasteiger partial charge on any atom is -0.396 e. The lowest BCUT2D eigenvalue weighted by Crippen LogP contribution is -2.43. The number of carbonyl (C=O) groups is 1. The Labute approximate surface area is 116 Å². The lowest BCUT2D eigenvalue weighted by Gasteiger charge is -2.30. The van der Waals surface area contributed by atoms with Crippen LogP contribution in [0, 0.1) is 11.7 Å². The van der Waals surface area contributed by atoms with Crippen molar-refractivity contribution in [1.29, 1.82) is 0 Å². The molecule has 1 aromatic rings. The molecular weight excluding hydrogens is 269 g/mol. The van der Waals surface area contributed by atoms with Crippen molar-refractivity contribution in [1.82, 2.24) is 5.32 Å². The molecule has 1 fully saturated rings. The summed E-state index contributed by atoms with van der Waals surface area (Å²) in [4.78, 5) is 12.0. The molecule has 0 aromatic heterocycles. The lowest BCUT2D eigenvalue weighted by atomic mass is 9.85. The van der Waals surface area contributed by atoms with Crippen LogP contribution in [0.1, 0.15) is 36.0 Å². The highest BCUT2D eigenvalue weighted by Gasteiger charge is 2.26. The molecule has 2 atom stereocenters. The third-order valence-electron chi connectivity index (χ3n) is 3.64. The van der Waals surface area contributed by atoms with Crippen LogP contribution < -0.4 is 5.32 Å². The Hall–Kier alpha value is -1.13. The summed E-state index contributed by atoms with van der Waals surface area (Å²) < 4.78 is 13.3. The van der Waals surface area contributed by atoms with Crippen LogP contribution >= 0.6 is 11.6 Å². The van der Waals surface area contributed by atoms with E-state index >= 15 is 0 Å². The number of benzene rings is 1. The van der Waals surface area contributed by atoms with Gasteiger partial charge in [0, 0.05) is 24.1 Å². The zero-order valence-corrected chi connectivity index (χ0v) is 11.3. The number of hydrogen-bond acceptors (Lipinski definition) is 2. The maximum atomic E-state index is 13.3. The van der Waals surface area contributed by atoms with Gasteiger partial charge in [0.2, 0.25) is 0 Å². The summed E-state index contributed by atoms with van der Waals surface area (Å²) >= 11 is 5.58. The number of halogens is 2. The fourth-order valence-corrected chi connectivity index (χ4v) is 2.62. The number of rotatable bonds is 3. The van der Waals surface area contributed by atoms with Gasteiger partial charge in [-0.25, -0.2) is 4.39 Å². The van der Waals surface area contributed by atoms with Gasteiger partial charge < -0.3 is 10.4 Å². The van der Waals surface area contributed by atoms with Crippen LogP contribution in [0.15, 0.2) is 18.2 Å². The quantitative estimate of drug-likeness (QED) is 0.897. The van der Waals surface area contributed by atoms with E-state index in [0.29, 0.717) is 0 Å². The number of amides is 1. The Morgan fingerprint density at radius 2 is 2.16 bits per heavy atom. The van der Waals surface area contributed by atoms with Crippen molar-refractivity contribution in [2.75, 3.05) is 6.61 Å². The summed E-state index contributed by atoms with van der Waals surface area (Å²) in [7, 11) is 0. The summed E-state index contributed by atoms with van der Waals surface area (Å²) in [6.07, 6.45) is 3.88. The van der Waals surface area contributed by atoms with Crippen LogP contribution in [-0.4, -0.2) is 23.7 Å². The van der Waals surface area contributed by atoms with Gasteiger partial charge in [-0.2, -0.15) is 0 Å². The molecule has 1 aliphatic rings. The minimum absolute atomic E-state index is 0.00227. The first kappa shape index (κ1) is 14.3. The van der Waals surface area contributed by atoms with Gasteiger partial charge in [0.15, 0.2) is 0 Å². The highest BCUT2D eigenvalue weighted by atomic mass is 35.5. The average molecular weight is 286 g/mol. The molecule has 19 heavy (non-hydrogen) atoms. The van der Waals surface area contributed by atoms with Crippen LogP contribution in [0.5, 0.6) is 0 Å². The van der Waals surface area contributed by atoms with E-state index < -0.39 is 5.82 Å². The molecule has 1 aliphatic carbocycles. The molecular formula is C14H17ClFNO2. The molecule has 3 nitrogen and oxygen atoms in total. The number of hydrogen-bond donors (Lipinski definition) is 2. The van der Waals surface area contributed by atoms with E-state index in [0.717, 1.165) is 31.7 Å². The van der Waals surface area contributed by atoms with Gasteiger partial charge in [-0.05, 0) is 31.0 Å². The second kappa shape index (κ2) is 6.35. The smallest absolute Gasteiger partial charge is 0.251 e. The highest BCUT2D eigenvalue weighted by Crippen LogP contribution is 2.24. The largest absolute Gasteiger partial charge is 0.396 e. The van der Waals surface area contributed by atoms with Crippen molar-refractivity contribution in [3.63, 3.8) is 0 Å². The minimum atomic E-state index is -0.600. The summed E-state index contributed by atoms with van der Waals surface area (Å²) in [5, 5.41) is 12.2. The summed E-state index contributed by atoms with van der Waals surface area (Å²) in [5.41, 5.74) is 0.254. The third-order valence-corrected chi connectivity index (χ3v) is 3.95. The van der Waals surface area contributed by atoms with Gasteiger partial charge in [-0.15, -0.1) is 0 Å². The zero-order valence-electron chi connectivity index (χ0n) is 10.5. The van der Waals surface area contributed by atoms with Crippen molar-refractivity contribution in [3.05, 3.63) is 34.6 Å². The van der Waals surface area contributed by atoms with Gasteiger partial charge in [-0.3, -0.25) is 4.79 Å². The van der Waals surface area contributed by atoms with Crippen molar-refractivity contribution < 1.29 is 14.3 Å². The van der Waals surface area contributed by atoms with E-state index in [-0.39, 0.29) is 35.1 Å². The van der Waals surface area contributed by atoms with Crippen LogP contribution in [0.3, 0.4) is 0 Å². The predicted molar refractivity (Wildman–Crippen MR) is 71.7 cm³/mol. The molecule has 2 rings (SSSR count). The fraction of sp³-hybridized carbons (Fsp3) is 0.500. The van der Waals surface area contributed by atoms with Crippen molar-refractivity contribution in [3.8, 4) is 0 Å². The molecule has 0 heterocycles. The third kappa shape index (κ3) is 3.45. The number of aliphatic hydroxyl groups excluding tert-OH is 1. The van der Waals surface area contributed by atoms with Crippen molar-refractivity contribution in [2.45, 2.75) is 31.7 Å². The predicted octanol–water partition coefficient (Wildman–Crippen LogP) is 2.76. The van der Waals surface area contributed by atoms with Crippen LogP contribution in [0.2, 0.25) is 5.02 Å². The Morgan fingerprint density at radius 1 is 1.42 bits per heavy atom. The fourth-order valence-electron chi connectivity index (χ4n) is 2.51. The maximum absolute atomic E-state index is 13.3. The zero-order chi connectivity index (χ0) is 13.8. The van der Waals surface area contributed by atoms with E-state index in [4.69, 9.17) is 11.6 Å². The van der Waals surface area contributed by atoms with E-state index in [9.17, 15) is 14.3 Å². The summed E-state index contributed by atoms with van der Waals surface area (Å²) in [6.45, 7) is 0.0694. The molecule has 0 aliphatic heterocycles. The van der Waals surface area contributed by atoms with E-state index in [1.54, 1.807) is 0 Å². The summed E-state index contributed by atoms with van der Waals surface area (Å²) in [6, 6.07) is 3.97. The van der Waals surface area contributed by atoms with Crippen LogP contribution in [0.4, 0.5) is 4.39 Å². The Balaban J connectivity index is 2.05. The topological polar surface area (TPSA) is 49.3 Å². The first-order chi connectivity index (χ1) is 9.11. The Morgan fingerprint density at radius 3 is 2.84 bits per heavy atom. The van der Waals surface area contributed by atoms with Gasteiger partial charge >= 0.3 is 0 Å². The normalized spacial score (nSPS) is 23.1. The molecule has 1 saturated carbocycles. The van der Waals surface area contributed by atoms with E-state index in [1.165, 1.54) is 12.1 Å². The molecule has 104 valence electrons. The number of carbonyl (C=O) groups excluding carboxylic acids is 1. The molecule has 5 heteroatoms. The van der Waals surface area contributed by atoms with Gasteiger partial charge in [0.1, 0.15) is 5.82 Å². The standard InChI is InChI=1S/C14H17ClFNO2/c15-11-6-5-9(7-12(11)16)14(19)17-13-4-2-1-3-10(13)8-18/h5-7,10,13,18H,1-4,8H2,(H,17,19). The first-order valence-corrected chi connectivity index (χ1v) is 6.86. The number of aliphatic hydroxyl groups is 1. The molecule has 1 amide bonds. The van der Waals surface area contributed by atoms with Crippen molar-refractivity contribution >= 4 is 17.5 Å². The second-order valence-electron chi connectivity index (χ2n) is 4.94. The second-order valence-corrected chi connectivity index (χ2v) is 5.34. The van der Waals surface area contributed by atoms with Gasteiger partial charge in [-0.1, -0.05) is 24.4 Å². The first-order valence-electron chi connectivity index (χ1n) is 6.48. The molecule has 2 N–H and O–H groups in total. The average Bonchev–Trinajstić information content (AvgIpc) is 2.42. The molecule has 2 unspecified atom stereocenters. The van der Waals surface area contributed by atoms with Gasteiger partial charge in [0.25, 0.3) is 5.91 Å². The maximum Gasteiger partial charge on any atom is 0.251 e. The van der Waals surface area contributed by atoms with Crippen LogP contribution in [-0.2, 0) is 0 Å². The monoisotopic (exact) mass is 285 g/mol. The van der Waals surface area contributed by atoms with E-state index in [1.807, 2.05) is 0 Å².